The molecule has 0 bridgehead atoms. The lowest BCUT2D eigenvalue weighted by molar-refractivity contribution is 0.412. The van der Waals surface area contributed by atoms with Gasteiger partial charge < -0.3 is 14.7 Å². The zero-order valence-corrected chi connectivity index (χ0v) is 12.0. The summed E-state index contributed by atoms with van der Waals surface area (Å²) in [5.74, 6) is 1.16. The van der Waals surface area contributed by atoms with Gasteiger partial charge in [-0.1, -0.05) is 0 Å². The molecular weight excluding hydrogens is 238 g/mol. The van der Waals surface area contributed by atoms with Crippen LogP contribution in [0.25, 0.3) is 10.8 Å². The maximum atomic E-state index is 10.1. The first kappa shape index (κ1) is 13.7. The number of benzene rings is 2. The standard InChI is InChI=1S/C16H21NO2/c1-11-9-16(18)14-6-5-12(19-4)10-15(14)13(11)7-8-17(2)3/h5-6,9-10,18H,7-8H2,1-4H3. The predicted molar refractivity (Wildman–Crippen MR) is 79.2 cm³/mol. The summed E-state index contributed by atoms with van der Waals surface area (Å²) in [5.41, 5.74) is 2.40. The minimum Gasteiger partial charge on any atom is -0.507 e. The Balaban J connectivity index is 2.58. The zero-order chi connectivity index (χ0) is 14.0. The molecule has 0 aromatic heterocycles. The number of nitrogens with zero attached hydrogens (tertiary/aromatic N) is 1. The molecule has 0 aliphatic heterocycles. The molecule has 1 N–H and O–H groups in total. The van der Waals surface area contributed by atoms with Crippen molar-refractivity contribution in [3.63, 3.8) is 0 Å². The Morgan fingerprint density at radius 2 is 1.89 bits per heavy atom. The number of hydrogen-bond acceptors (Lipinski definition) is 3. The predicted octanol–water partition coefficient (Wildman–Crippen LogP) is 2.97. The topological polar surface area (TPSA) is 32.7 Å². The van der Waals surface area contributed by atoms with Crippen molar-refractivity contribution in [2.24, 2.45) is 0 Å². The molecule has 2 aromatic carbocycles. The van der Waals surface area contributed by atoms with Crippen LogP contribution in [0.5, 0.6) is 11.5 Å². The molecule has 0 amide bonds. The summed E-state index contributed by atoms with van der Waals surface area (Å²) in [7, 11) is 5.80. The molecule has 2 rings (SSSR count). The number of likely N-dealkylation sites (N-methyl/N-ethyl adjacent to an activating group) is 1. The van der Waals surface area contributed by atoms with E-state index in [0.29, 0.717) is 5.75 Å². The van der Waals surface area contributed by atoms with Crippen LogP contribution in [0, 0.1) is 6.92 Å². The maximum absolute atomic E-state index is 10.1. The summed E-state index contributed by atoms with van der Waals surface area (Å²) in [4.78, 5) is 2.16. The Morgan fingerprint density at radius 3 is 2.53 bits per heavy atom. The highest BCUT2D eigenvalue weighted by Crippen LogP contribution is 2.33. The van der Waals surface area contributed by atoms with E-state index in [4.69, 9.17) is 4.74 Å². The monoisotopic (exact) mass is 259 g/mol. The molecule has 0 unspecified atom stereocenters. The largest absolute Gasteiger partial charge is 0.507 e. The summed E-state index contributed by atoms with van der Waals surface area (Å²) in [6.45, 7) is 3.03. The minimum atomic E-state index is 0.337. The number of fused-ring (bicyclic) bond motifs is 1. The van der Waals surface area contributed by atoms with Gasteiger partial charge in [0.1, 0.15) is 11.5 Å². The fraction of sp³-hybridized carbons (Fsp3) is 0.375. The smallest absolute Gasteiger partial charge is 0.123 e. The molecule has 3 heteroatoms. The van der Waals surface area contributed by atoms with Crippen LogP contribution < -0.4 is 4.74 Å². The minimum absolute atomic E-state index is 0.337. The van der Waals surface area contributed by atoms with Crippen LogP contribution in [0.1, 0.15) is 11.1 Å². The fourth-order valence-corrected chi connectivity index (χ4v) is 2.37. The fourth-order valence-electron chi connectivity index (χ4n) is 2.37. The van der Waals surface area contributed by atoms with Gasteiger partial charge in [0, 0.05) is 11.9 Å². The summed E-state index contributed by atoms with van der Waals surface area (Å²) in [6, 6.07) is 7.65. The third kappa shape index (κ3) is 2.82. The molecule has 0 radical (unpaired) electrons. The van der Waals surface area contributed by atoms with Gasteiger partial charge in [-0.3, -0.25) is 0 Å². The Kier molecular flexibility index (Phi) is 3.96. The Labute approximate surface area is 114 Å². The van der Waals surface area contributed by atoms with Crippen molar-refractivity contribution in [1.82, 2.24) is 4.90 Å². The molecule has 3 nitrogen and oxygen atoms in total. The second-order valence-corrected chi connectivity index (χ2v) is 5.16. The Bertz CT molecular complexity index is 591. The van der Waals surface area contributed by atoms with Gasteiger partial charge in [0.2, 0.25) is 0 Å². The Morgan fingerprint density at radius 1 is 1.16 bits per heavy atom. The highest BCUT2D eigenvalue weighted by atomic mass is 16.5. The van der Waals surface area contributed by atoms with E-state index >= 15 is 0 Å². The van der Waals surface area contributed by atoms with E-state index in [2.05, 4.69) is 19.0 Å². The van der Waals surface area contributed by atoms with Crippen LogP contribution in [-0.4, -0.2) is 37.8 Å². The summed E-state index contributed by atoms with van der Waals surface area (Å²) < 4.78 is 5.29. The van der Waals surface area contributed by atoms with Gasteiger partial charge in [0.15, 0.2) is 0 Å². The molecule has 0 spiro atoms. The molecule has 0 aliphatic carbocycles. The van der Waals surface area contributed by atoms with Crippen LogP contribution >= 0.6 is 0 Å². The lowest BCUT2D eigenvalue weighted by Crippen LogP contribution is -2.15. The Hall–Kier alpha value is -1.74. The zero-order valence-electron chi connectivity index (χ0n) is 12.0. The second kappa shape index (κ2) is 5.49. The van der Waals surface area contributed by atoms with Crippen molar-refractivity contribution in [1.29, 1.82) is 0 Å². The number of hydrogen-bond donors (Lipinski definition) is 1. The van der Waals surface area contributed by atoms with Crippen LogP contribution in [0.3, 0.4) is 0 Å². The maximum Gasteiger partial charge on any atom is 0.123 e. The summed E-state index contributed by atoms with van der Waals surface area (Å²) in [6.07, 6.45) is 0.961. The molecule has 0 saturated carbocycles. The molecular formula is C16H21NO2. The van der Waals surface area contributed by atoms with Crippen molar-refractivity contribution in [3.05, 3.63) is 35.4 Å². The van der Waals surface area contributed by atoms with E-state index in [1.54, 1.807) is 7.11 Å². The molecule has 0 aliphatic rings. The van der Waals surface area contributed by atoms with E-state index in [-0.39, 0.29) is 0 Å². The lowest BCUT2D eigenvalue weighted by Gasteiger charge is -2.15. The highest BCUT2D eigenvalue weighted by molar-refractivity contribution is 5.93. The molecule has 0 heterocycles. The highest BCUT2D eigenvalue weighted by Gasteiger charge is 2.10. The van der Waals surface area contributed by atoms with E-state index in [0.717, 1.165) is 35.1 Å². The SMILES string of the molecule is COc1ccc2c(O)cc(C)c(CCN(C)C)c2c1. The van der Waals surface area contributed by atoms with Crippen LogP contribution in [0.4, 0.5) is 0 Å². The number of phenolic OH excluding ortho intramolecular Hbond substituents is 1. The lowest BCUT2D eigenvalue weighted by atomic mass is 9.96. The quantitative estimate of drug-likeness (QED) is 0.916. The van der Waals surface area contributed by atoms with Gasteiger partial charge >= 0.3 is 0 Å². The van der Waals surface area contributed by atoms with Gasteiger partial charge in [-0.15, -0.1) is 0 Å². The van der Waals surface area contributed by atoms with Crippen molar-refractivity contribution in [2.45, 2.75) is 13.3 Å². The van der Waals surface area contributed by atoms with E-state index in [9.17, 15) is 5.11 Å². The van der Waals surface area contributed by atoms with E-state index in [1.165, 1.54) is 5.56 Å². The number of ether oxygens (including phenoxy) is 1. The van der Waals surface area contributed by atoms with Gasteiger partial charge in [0.05, 0.1) is 7.11 Å². The normalized spacial score (nSPS) is 11.2. The van der Waals surface area contributed by atoms with Crippen molar-refractivity contribution in [3.8, 4) is 11.5 Å². The summed E-state index contributed by atoms with van der Waals surface area (Å²) >= 11 is 0. The number of phenols is 1. The van der Waals surface area contributed by atoms with Crippen LogP contribution in [0.2, 0.25) is 0 Å². The first-order valence-corrected chi connectivity index (χ1v) is 6.47. The van der Waals surface area contributed by atoms with Crippen molar-refractivity contribution in [2.75, 3.05) is 27.7 Å². The first-order chi connectivity index (χ1) is 9.02. The molecule has 2 aromatic rings. The second-order valence-electron chi connectivity index (χ2n) is 5.16. The van der Waals surface area contributed by atoms with Crippen molar-refractivity contribution >= 4 is 10.8 Å². The summed E-state index contributed by atoms with van der Waals surface area (Å²) in [5, 5.41) is 12.0. The number of rotatable bonds is 4. The van der Waals surface area contributed by atoms with Crippen molar-refractivity contribution < 1.29 is 9.84 Å². The molecule has 0 saturated heterocycles. The van der Waals surface area contributed by atoms with Crippen LogP contribution in [0.15, 0.2) is 24.3 Å². The average molecular weight is 259 g/mol. The molecule has 0 fully saturated rings. The van der Waals surface area contributed by atoms with Gasteiger partial charge in [0.25, 0.3) is 0 Å². The van der Waals surface area contributed by atoms with E-state index in [1.807, 2.05) is 31.2 Å². The molecule has 0 atom stereocenters. The third-order valence-electron chi connectivity index (χ3n) is 3.47. The van der Waals surface area contributed by atoms with Crippen LogP contribution in [-0.2, 0) is 6.42 Å². The van der Waals surface area contributed by atoms with Gasteiger partial charge in [-0.2, -0.15) is 0 Å². The molecule has 102 valence electrons. The number of methoxy groups -OCH3 is 1. The average Bonchev–Trinajstić information content (AvgIpc) is 2.37. The first-order valence-electron chi connectivity index (χ1n) is 6.47. The van der Waals surface area contributed by atoms with Gasteiger partial charge in [-0.05, 0) is 68.2 Å². The third-order valence-corrected chi connectivity index (χ3v) is 3.47. The molecule has 19 heavy (non-hydrogen) atoms. The number of aryl methyl sites for hydroxylation is 1. The van der Waals surface area contributed by atoms with Gasteiger partial charge in [-0.25, -0.2) is 0 Å². The van der Waals surface area contributed by atoms with E-state index < -0.39 is 0 Å². The number of aromatic hydroxyl groups is 1.